The highest BCUT2D eigenvalue weighted by Crippen LogP contribution is 2.25. The van der Waals surface area contributed by atoms with Gasteiger partial charge in [-0.05, 0) is 57.2 Å². The first-order valence-electron chi connectivity index (χ1n) is 7.58. The van der Waals surface area contributed by atoms with E-state index in [-0.39, 0.29) is 5.91 Å². The van der Waals surface area contributed by atoms with Crippen LogP contribution in [0.3, 0.4) is 0 Å². The highest BCUT2D eigenvalue weighted by atomic mass is 16.7. The van der Waals surface area contributed by atoms with Crippen LogP contribution in [0.15, 0.2) is 48.7 Å². The Morgan fingerprint density at radius 3 is 2.25 bits per heavy atom. The van der Waals surface area contributed by atoms with Crippen LogP contribution in [0.4, 0.5) is 11.5 Å². The fraction of sp³-hybridized carbons (Fsp3) is 0.278. The highest BCUT2D eigenvalue weighted by Gasteiger charge is 2.25. The summed E-state index contributed by atoms with van der Waals surface area (Å²) in [6.45, 7) is 7.14. The van der Waals surface area contributed by atoms with Crippen LogP contribution < -0.4 is 10.4 Å². The van der Waals surface area contributed by atoms with Crippen molar-refractivity contribution in [2.45, 2.75) is 33.2 Å². The molecule has 1 aromatic carbocycles. The second-order valence-corrected chi connectivity index (χ2v) is 6.26. The van der Waals surface area contributed by atoms with E-state index in [1.165, 1.54) is 12.0 Å². The van der Waals surface area contributed by atoms with Gasteiger partial charge in [0.1, 0.15) is 5.82 Å². The molecular weight excluding hydrogens is 306 g/mol. The van der Waals surface area contributed by atoms with Crippen LogP contribution in [0.25, 0.3) is 0 Å². The molecule has 1 heterocycles. The number of carbonyl (C=O) groups excluding carboxylic acids is 2. The van der Waals surface area contributed by atoms with E-state index in [9.17, 15) is 9.59 Å². The number of pyridine rings is 1. The summed E-state index contributed by atoms with van der Waals surface area (Å²) in [5.74, 6) is -0.167. The summed E-state index contributed by atoms with van der Waals surface area (Å²) in [7, 11) is 0. The first-order valence-corrected chi connectivity index (χ1v) is 7.58. The van der Waals surface area contributed by atoms with Gasteiger partial charge in [0.05, 0.1) is 11.2 Å². The van der Waals surface area contributed by atoms with Crippen molar-refractivity contribution in [1.29, 1.82) is 0 Å². The number of hydroxylamine groups is 1. The molecule has 2 rings (SSSR count). The first-order chi connectivity index (χ1) is 11.3. The van der Waals surface area contributed by atoms with Gasteiger partial charge >= 0.3 is 5.97 Å². The van der Waals surface area contributed by atoms with Crippen LogP contribution in [0.5, 0.6) is 0 Å². The predicted molar refractivity (Wildman–Crippen MR) is 92.6 cm³/mol. The Balaban J connectivity index is 2.16. The average molecular weight is 327 g/mol. The summed E-state index contributed by atoms with van der Waals surface area (Å²) in [4.78, 5) is 32.9. The summed E-state index contributed by atoms with van der Waals surface area (Å²) in [6.07, 6.45) is 1.61. The lowest BCUT2D eigenvalue weighted by atomic mass is 10.1. The molecule has 2 aromatic rings. The highest BCUT2D eigenvalue weighted by molar-refractivity contribution is 6.03. The van der Waals surface area contributed by atoms with Crippen LogP contribution in [-0.2, 0) is 9.63 Å². The molecule has 6 heteroatoms. The summed E-state index contributed by atoms with van der Waals surface area (Å²) >= 11 is 0. The Hall–Kier alpha value is -2.89. The third-order valence-corrected chi connectivity index (χ3v) is 3.10. The topological polar surface area (TPSA) is 71.5 Å². The van der Waals surface area contributed by atoms with Crippen LogP contribution in [0.1, 0.15) is 38.1 Å². The van der Waals surface area contributed by atoms with Gasteiger partial charge in [-0.25, -0.2) is 10.0 Å². The molecule has 1 aromatic heterocycles. The Bertz CT molecular complexity index is 707. The molecule has 0 spiro atoms. The molecule has 6 nitrogen and oxygen atoms in total. The zero-order valence-corrected chi connectivity index (χ0v) is 14.2. The largest absolute Gasteiger partial charge is 0.341 e. The summed E-state index contributed by atoms with van der Waals surface area (Å²) in [5, 5.41) is 4.24. The maximum atomic E-state index is 12.2. The Morgan fingerprint density at radius 2 is 1.75 bits per heavy atom. The fourth-order valence-corrected chi connectivity index (χ4v) is 2.08. The molecule has 126 valence electrons. The lowest BCUT2D eigenvalue weighted by Gasteiger charge is -2.34. The zero-order chi connectivity index (χ0) is 17.7. The van der Waals surface area contributed by atoms with Gasteiger partial charge in [0.15, 0.2) is 0 Å². The normalized spacial score (nSPS) is 10.8. The number of nitrogens with one attached hydrogen (secondary N) is 1. The number of hydrogen-bond acceptors (Lipinski definition) is 5. The summed E-state index contributed by atoms with van der Waals surface area (Å²) in [6, 6.07) is 12.1. The van der Waals surface area contributed by atoms with Crippen LogP contribution >= 0.6 is 0 Å². The van der Waals surface area contributed by atoms with Crippen molar-refractivity contribution in [3.63, 3.8) is 0 Å². The number of anilines is 2. The number of amides is 1. The van der Waals surface area contributed by atoms with E-state index in [0.29, 0.717) is 17.1 Å². The van der Waals surface area contributed by atoms with Gasteiger partial charge in [-0.3, -0.25) is 9.59 Å². The van der Waals surface area contributed by atoms with E-state index in [0.717, 1.165) is 0 Å². The monoisotopic (exact) mass is 327 g/mol. The van der Waals surface area contributed by atoms with Gasteiger partial charge < -0.3 is 10.2 Å². The van der Waals surface area contributed by atoms with Gasteiger partial charge in [0.2, 0.25) is 0 Å². The van der Waals surface area contributed by atoms with Crippen molar-refractivity contribution in [2.24, 2.45) is 0 Å². The third kappa shape index (κ3) is 4.55. The fourth-order valence-electron chi connectivity index (χ4n) is 2.08. The van der Waals surface area contributed by atoms with Crippen molar-refractivity contribution in [2.75, 3.05) is 10.4 Å². The number of hydrogen-bond donors (Lipinski definition) is 1. The first kappa shape index (κ1) is 17.5. The number of aromatic nitrogens is 1. The van der Waals surface area contributed by atoms with E-state index >= 15 is 0 Å². The van der Waals surface area contributed by atoms with E-state index in [4.69, 9.17) is 4.84 Å². The second kappa shape index (κ2) is 7.12. The molecule has 0 aliphatic rings. The predicted octanol–water partition coefficient (Wildman–Crippen LogP) is 3.42. The molecular formula is C18H21N3O3. The van der Waals surface area contributed by atoms with Gasteiger partial charge in [-0.1, -0.05) is 6.07 Å². The standard InChI is InChI=1S/C18H21N3O3/c1-13(22)24-21(18(2,3)4)15-10-8-14(9-11-15)17(23)20-16-7-5-6-12-19-16/h5-12H,1-4H3,(H,19,20,23). The number of rotatable bonds is 4. The quantitative estimate of drug-likeness (QED) is 0.871. The molecule has 1 N–H and O–H groups in total. The SMILES string of the molecule is CC(=O)ON(c1ccc(C(=O)Nc2ccccn2)cc1)C(C)(C)C. The van der Waals surface area contributed by atoms with Crippen LogP contribution in [0.2, 0.25) is 0 Å². The molecule has 1 amide bonds. The lowest BCUT2D eigenvalue weighted by molar-refractivity contribution is -0.144. The van der Waals surface area contributed by atoms with E-state index in [1.54, 1.807) is 48.7 Å². The molecule has 0 atom stereocenters. The third-order valence-electron chi connectivity index (χ3n) is 3.10. The van der Waals surface area contributed by atoms with Gasteiger partial charge in [0, 0.05) is 18.7 Å². The van der Waals surface area contributed by atoms with E-state index in [2.05, 4.69) is 10.3 Å². The van der Waals surface area contributed by atoms with Gasteiger partial charge in [-0.2, -0.15) is 0 Å². The number of nitrogens with zero attached hydrogens (tertiary/aromatic N) is 2. The van der Waals surface area contributed by atoms with Crippen LogP contribution in [-0.4, -0.2) is 22.4 Å². The second-order valence-electron chi connectivity index (χ2n) is 6.26. The molecule has 0 fully saturated rings. The molecule has 0 unspecified atom stereocenters. The molecule has 0 bridgehead atoms. The molecule has 0 aliphatic carbocycles. The van der Waals surface area contributed by atoms with Crippen molar-refractivity contribution in [3.05, 3.63) is 54.2 Å². The Labute approximate surface area is 141 Å². The van der Waals surface area contributed by atoms with Crippen molar-refractivity contribution < 1.29 is 14.4 Å². The Kier molecular flexibility index (Phi) is 5.18. The number of benzene rings is 1. The lowest BCUT2D eigenvalue weighted by Crippen LogP contribution is -2.42. The summed E-state index contributed by atoms with van der Waals surface area (Å²) in [5.41, 5.74) is 0.761. The molecule has 0 radical (unpaired) electrons. The van der Waals surface area contributed by atoms with E-state index in [1.807, 2.05) is 20.8 Å². The maximum Gasteiger partial charge on any atom is 0.329 e. The molecule has 24 heavy (non-hydrogen) atoms. The minimum atomic E-state index is -0.413. The molecule has 0 aliphatic heterocycles. The minimum Gasteiger partial charge on any atom is -0.341 e. The minimum absolute atomic E-state index is 0.255. The maximum absolute atomic E-state index is 12.2. The smallest absolute Gasteiger partial charge is 0.329 e. The average Bonchev–Trinajstić information content (AvgIpc) is 2.52. The molecule has 0 saturated carbocycles. The Morgan fingerprint density at radius 1 is 1.08 bits per heavy atom. The van der Waals surface area contributed by atoms with Crippen molar-refractivity contribution in [3.8, 4) is 0 Å². The van der Waals surface area contributed by atoms with Gasteiger partial charge in [-0.15, -0.1) is 0 Å². The number of carbonyl (C=O) groups is 2. The van der Waals surface area contributed by atoms with Crippen molar-refractivity contribution in [1.82, 2.24) is 4.98 Å². The van der Waals surface area contributed by atoms with Crippen molar-refractivity contribution >= 4 is 23.4 Å². The van der Waals surface area contributed by atoms with E-state index < -0.39 is 11.5 Å². The van der Waals surface area contributed by atoms with Gasteiger partial charge in [0.25, 0.3) is 5.91 Å². The summed E-state index contributed by atoms with van der Waals surface area (Å²) < 4.78 is 0. The zero-order valence-electron chi connectivity index (χ0n) is 14.2. The van der Waals surface area contributed by atoms with Crippen LogP contribution in [0, 0.1) is 0 Å². The molecule has 0 saturated heterocycles.